The standard InChI is InChI=1S/C29H21Br3N2O7/c30-23-24(31)34(29(32)33-23)25-22(41-28(37)19-14-8-3-9-15-19)21(40-27(36)18-12-6-2-7-13-18)20(39-25)16-38-26(35)17-10-4-1-5-11-17/h1-15,20-22,25H,16H2/t20-,21-,22-,25-/m1/s1. The number of rotatable bonds is 8. The van der Waals surface area contributed by atoms with E-state index >= 15 is 0 Å². The van der Waals surface area contributed by atoms with Crippen LogP contribution in [0.1, 0.15) is 37.3 Å². The molecule has 4 atom stereocenters. The molecule has 0 radical (unpaired) electrons. The summed E-state index contributed by atoms with van der Waals surface area (Å²) in [6.45, 7) is -0.290. The molecule has 2 heterocycles. The van der Waals surface area contributed by atoms with Crippen molar-refractivity contribution in [2.24, 2.45) is 0 Å². The molecular formula is C29H21Br3N2O7. The highest BCUT2D eigenvalue weighted by molar-refractivity contribution is 9.13. The lowest BCUT2D eigenvalue weighted by Gasteiger charge is -2.25. The molecule has 0 aliphatic carbocycles. The molecule has 5 rings (SSSR count). The van der Waals surface area contributed by atoms with Crippen LogP contribution in [0.5, 0.6) is 0 Å². The Balaban J connectivity index is 1.50. The van der Waals surface area contributed by atoms with Crippen molar-refractivity contribution in [3.8, 4) is 0 Å². The topological polar surface area (TPSA) is 106 Å². The molecule has 0 saturated carbocycles. The van der Waals surface area contributed by atoms with Gasteiger partial charge < -0.3 is 18.9 Å². The van der Waals surface area contributed by atoms with Gasteiger partial charge >= 0.3 is 17.9 Å². The summed E-state index contributed by atoms with van der Waals surface area (Å²) >= 11 is 10.3. The molecule has 1 aliphatic rings. The molecule has 1 aliphatic heterocycles. The zero-order valence-electron chi connectivity index (χ0n) is 21.1. The normalized spacial score (nSPS) is 19.9. The van der Waals surface area contributed by atoms with Gasteiger partial charge in [0, 0.05) is 0 Å². The van der Waals surface area contributed by atoms with Gasteiger partial charge in [0.2, 0.25) is 0 Å². The van der Waals surface area contributed by atoms with Crippen LogP contribution >= 0.6 is 47.8 Å². The Kier molecular flexibility index (Phi) is 9.33. The summed E-state index contributed by atoms with van der Waals surface area (Å²) in [5.74, 6) is -1.90. The zero-order valence-corrected chi connectivity index (χ0v) is 25.8. The molecule has 0 bridgehead atoms. The number of ether oxygens (including phenoxy) is 4. The van der Waals surface area contributed by atoms with Crippen molar-refractivity contribution in [3.05, 3.63) is 122 Å². The molecule has 0 spiro atoms. The summed E-state index contributed by atoms with van der Waals surface area (Å²) in [6.07, 6.45) is -4.36. The fourth-order valence-corrected chi connectivity index (χ4v) is 6.09. The predicted octanol–water partition coefficient (Wildman–Crippen LogP) is 6.38. The van der Waals surface area contributed by atoms with Gasteiger partial charge in [-0.15, -0.1) is 0 Å². The molecule has 210 valence electrons. The second-order valence-corrected chi connectivity index (χ2v) is 11.0. The maximum absolute atomic E-state index is 13.3. The third-order valence-electron chi connectivity index (χ3n) is 6.20. The van der Waals surface area contributed by atoms with Crippen molar-refractivity contribution in [3.63, 3.8) is 0 Å². The molecule has 9 nitrogen and oxygen atoms in total. The molecule has 4 aromatic rings. The lowest BCUT2D eigenvalue weighted by atomic mass is 10.1. The number of halogens is 3. The molecule has 12 heteroatoms. The number of benzene rings is 3. The van der Waals surface area contributed by atoms with Crippen LogP contribution < -0.4 is 0 Å². The van der Waals surface area contributed by atoms with Gasteiger partial charge in [-0.3, -0.25) is 4.57 Å². The van der Waals surface area contributed by atoms with E-state index in [-0.39, 0.29) is 12.2 Å². The van der Waals surface area contributed by atoms with E-state index in [4.69, 9.17) is 18.9 Å². The van der Waals surface area contributed by atoms with E-state index in [1.54, 1.807) is 95.6 Å². The Morgan fingerprint density at radius 1 is 0.707 bits per heavy atom. The first kappa shape index (κ1) is 29.2. The van der Waals surface area contributed by atoms with E-state index in [1.165, 1.54) is 0 Å². The number of aromatic nitrogens is 2. The quantitative estimate of drug-likeness (QED) is 0.151. The van der Waals surface area contributed by atoms with Gasteiger partial charge in [-0.2, -0.15) is 0 Å². The highest BCUT2D eigenvalue weighted by atomic mass is 79.9. The van der Waals surface area contributed by atoms with Crippen LogP contribution in [-0.2, 0) is 18.9 Å². The first-order valence-corrected chi connectivity index (χ1v) is 14.7. The fraction of sp³-hybridized carbons (Fsp3) is 0.172. The van der Waals surface area contributed by atoms with E-state index < -0.39 is 42.4 Å². The minimum Gasteiger partial charge on any atom is -0.459 e. The zero-order chi connectivity index (χ0) is 28.9. The van der Waals surface area contributed by atoms with Crippen molar-refractivity contribution in [1.29, 1.82) is 0 Å². The molecule has 0 unspecified atom stereocenters. The lowest BCUT2D eigenvalue weighted by Crippen LogP contribution is -2.41. The number of carbonyl (C=O) groups is 3. The van der Waals surface area contributed by atoms with Gasteiger partial charge in [-0.25, -0.2) is 19.4 Å². The Hall–Kier alpha value is -3.32. The van der Waals surface area contributed by atoms with Crippen LogP contribution in [-0.4, -0.2) is 52.4 Å². The summed E-state index contributed by atoms with van der Waals surface area (Å²) in [4.78, 5) is 43.6. The minimum absolute atomic E-state index is 0.289. The number of hydrogen-bond donors (Lipinski definition) is 0. The van der Waals surface area contributed by atoms with E-state index in [0.29, 0.717) is 25.1 Å². The van der Waals surface area contributed by atoms with Crippen LogP contribution in [0.2, 0.25) is 0 Å². The van der Waals surface area contributed by atoms with Crippen molar-refractivity contribution in [1.82, 2.24) is 9.55 Å². The molecule has 1 aromatic heterocycles. The SMILES string of the molecule is O=C(OC[C@H]1O[C@@H](n2c(Br)nc(Br)c2Br)[C@H](OC(=O)c2ccccc2)[C@@H]1OC(=O)c1ccccc1)c1ccccc1. The summed E-state index contributed by atoms with van der Waals surface area (Å²) in [5.41, 5.74) is 0.927. The van der Waals surface area contributed by atoms with Gasteiger partial charge in [0.1, 0.15) is 21.9 Å². The van der Waals surface area contributed by atoms with Gasteiger partial charge in [-0.05, 0) is 84.2 Å². The van der Waals surface area contributed by atoms with E-state index in [2.05, 4.69) is 52.8 Å². The fourth-order valence-electron chi connectivity index (χ4n) is 4.24. The number of esters is 3. The first-order valence-electron chi connectivity index (χ1n) is 12.3. The number of imidazole rings is 1. The third-order valence-corrected chi connectivity index (χ3v) is 8.61. The molecular weight excluding hydrogens is 728 g/mol. The summed E-state index contributed by atoms with van der Waals surface area (Å²) in [6, 6.07) is 25.2. The van der Waals surface area contributed by atoms with Gasteiger partial charge in [0.05, 0.1) is 16.7 Å². The van der Waals surface area contributed by atoms with Crippen LogP contribution in [0.15, 0.2) is 105 Å². The van der Waals surface area contributed by atoms with Crippen molar-refractivity contribution in [2.75, 3.05) is 6.61 Å². The molecule has 0 N–H and O–H groups in total. The third kappa shape index (κ3) is 6.61. The van der Waals surface area contributed by atoms with Crippen LogP contribution in [0, 0.1) is 0 Å². The van der Waals surface area contributed by atoms with E-state index in [1.807, 2.05) is 0 Å². The highest BCUT2D eigenvalue weighted by Gasteiger charge is 2.52. The van der Waals surface area contributed by atoms with Crippen molar-refractivity contribution >= 4 is 65.7 Å². The summed E-state index contributed by atoms with van der Waals surface area (Å²) < 4.78 is 26.6. The molecule has 1 saturated heterocycles. The van der Waals surface area contributed by atoms with Gasteiger partial charge in [-0.1, -0.05) is 54.6 Å². The van der Waals surface area contributed by atoms with E-state index in [0.717, 1.165) is 0 Å². The Labute approximate surface area is 260 Å². The molecule has 0 amide bonds. The maximum Gasteiger partial charge on any atom is 0.338 e. The highest BCUT2D eigenvalue weighted by Crippen LogP contribution is 2.40. The molecule has 41 heavy (non-hydrogen) atoms. The van der Waals surface area contributed by atoms with Crippen LogP contribution in [0.25, 0.3) is 0 Å². The predicted molar refractivity (Wildman–Crippen MR) is 157 cm³/mol. The second-order valence-electron chi connectivity index (χ2n) is 8.83. The Morgan fingerprint density at radius 3 is 1.63 bits per heavy atom. The maximum atomic E-state index is 13.3. The Morgan fingerprint density at radius 2 is 1.17 bits per heavy atom. The first-order chi connectivity index (χ1) is 19.8. The van der Waals surface area contributed by atoms with Crippen molar-refractivity contribution < 1.29 is 33.3 Å². The number of nitrogens with zero attached hydrogens (tertiary/aromatic N) is 2. The smallest absolute Gasteiger partial charge is 0.338 e. The summed E-state index contributed by atoms with van der Waals surface area (Å²) in [5, 5.41) is 0. The Bertz CT molecular complexity index is 1530. The molecule has 3 aromatic carbocycles. The molecule has 1 fully saturated rings. The van der Waals surface area contributed by atoms with Crippen molar-refractivity contribution in [2.45, 2.75) is 24.5 Å². The largest absolute Gasteiger partial charge is 0.459 e. The average molecular weight is 749 g/mol. The van der Waals surface area contributed by atoms with Gasteiger partial charge in [0.25, 0.3) is 0 Å². The van der Waals surface area contributed by atoms with Gasteiger partial charge in [0.15, 0.2) is 23.2 Å². The van der Waals surface area contributed by atoms with E-state index in [9.17, 15) is 14.4 Å². The van der Waals surface area contributed by atoms with Crippen LogP contribution in [0.4, 0.5) is 0 Å². The minimum atomic E-state index is -1.16. The second kappa shape index (κ2) is 13.1. The average Bonchev–Trinajstić information content (AvgIpc) is 3.45. The number of carbonyl (C=O) groups excluding carboxylic acids is 3. The number of hydrogen-bond acceptors (Lipinski definition) is 8. The monoisotopic (exact) mass is 746 g/mol. The lowest BCUT2D eigenvalue weighted by molar-refractivity contribution is -0.0638. The summed E-state index contributed by atoms with van der Waals surface area (Å²) in [7, 11) is 0. The van der Waals surface area contributed by atoms with Crippen LogP contribution in [0.3, 0.4) is 0 Å².